The van der Waals surface area contributed by atoms with Gasteiger partial charge in [-0.3, -0.25) is 14.3 Å². The second-order valence-corrected chi connectivity index (χ2v) is 5.99. The number of halogens is 3. The van der Waals surface area contributed by atoms with Crippen LogP contribution >= 0.6 is 0 Å². The molecule has 0 radical (unpaired) electrons. The van der Waals surface area contributed by atoms with Gasteiger partial charge in [0.2, 0.25) is 11.8 Å². The van der Waals surface area contributed by atoms with E-state index in [0.29, 0.717) is 11.3 Å². The third-order valence-corrected chi connectivity index (χ3v) is 3.83. The first-order chi connectivity index (χ1) is 13.6. The Morgan fingerprint density at radius 1 is 1.24 bits per heavy atom. The van der Waals surface area contributed by atoms with E-state index in [2.05, 4.69) is 15.0 Å². The molecule has 1 aromatic carbocycles. The van der Waals surface area contributed by atoms with E-state index in [1.165, 1.54) is 42.2 Å². The predicted octanol–water partition coefficient (Wildman–Crippen LogP) is 2.64. The lowest BCUT2D eigenvalue weighted by Gasteiger charge is -2.10. The van der Waals surface area contributed by atoms with Crippen molar-refractivity contribution in [1.29, 1.82) is 0 Å². The van der Waals surface area contributed by atoms with Crippen molar-refractivity contribution >= 4 is 11.6 Å². The highest BCUT2D eigenvalue weighted by Gasteiger charge is 2.31. The van der Waals surface area contributed by atoms with Gasteiger partial charge in [0.25, 0.3) is 0 Å². The van der Waals surface area contributed by atoms with Gasteiger partial charge < -0.3 is 15.2 Å². The highest BCUT2D eigenvalue weighted by molar-refractivity contribution is 5.89. The van der Waals surface area contributed by atoms with Crippen LogP contribution in [0, 0.1) is 0 Å². The van der Waals surface area contributed by atoms with Gasteiger partial charge in [-0.25, -0.2) is 9.36 Å². The number of ether oxygens (including phenoxy) is 1. The summed E-state index contributed by atoms with van der Waals surface area (Å²) in [6.07, 6.45) is -0.736. The van der Waals surface area contributed by atoms with Crippen molar-refractivity contribution in [2.75, 3.05) is 5.32 Å². The number of alkyl halides is 3. The van der Waals surface area contributed by atoms with Gasteiger partial charge in [-0.2, -0.15) is 0 Å². The fourth-order valence-corrected chi connectivity index (χ4v) is 2.68. The molecule has 152 valence electrons. The molecule has 0 saturated carbocycles. The zero-order valence-corrected chi connectivity index (χ0v) is 15.0. The van der Waals surface area contributed by atoms with E-state index in [9.17, 15) is 27.9 Å². The molecule has 29 heavy (non-hydrogen) atoms. The summed E-state index contributed by atoms with van der Waals surface area (Å²) in [5.74, 6) is -1.17. The number of aromatic nitrogens is 3. The Bertz CT molecular complexity index is 1090. The van der Waals surface area contributed by atoms with Gasteiger partial charge in [-0.05, 0) is 35.9 Å². The maximum absolute atomic E-state index is 12.7. The number of pyridine rings is 1. The van der Waals surface area contributed by atoms with Gasteiger partial charge in [0.1, 0.15) is 5.75 Å². The molecule has 2 aromatic heterocycles. The van der Waals surface area contributed by atoms with E-state index >= 15 is 0 Å². The van der Waals surface area contributed by atoms with E-state index in [1.54, 1.807) is 6.07 Å². The monoisotopic (exact) mass is 408 g/mol. The maximum atomic E-state index is 12.7. The number of hydrogen-bond donors (Lipinski definition) is 2. The van der Waals surface area contributed by atoms with Gasteiger partial charge >= 0.3 is 12.1 Å². The molecule has 0 atom stereocenters. The summed E-state index contributed by atoms with van der Waals surface area (Å²) in [7, 11) is 0. The van der Waals surface area contributed by atoms with Crippen molar-refractivity contribution in [3.8, 4) is 17.3 Å². The van der Waals surface area contributed by atoms with Crippen molar-refractivity contribution in [2.45, 2.75) is 19.8 Å². The van der Waals surface area contributed by atoms with E-state index < -0.39 is 23.7 Å². The van der Waals surface area contributed by atoms with Gasteiger partial charge in [-0.1, -0.05) is 0 Å². The zero-order valence-electron chi connectivity index (χ0n) is 15.0. The molecule has 2 heterocycles. The molecule has 3 rings (SSSR count). The van der Waals surface area contributed by atoms with Crippen molar-refractivity contribution in [3.05, 3.63) is 65.0 Å². The number of aromatic hydroxyl groups is 1. The molecule has 0 fully saturated rings. The molecule has 0 aliphatic heterocycles. The number of hydrogen-bond acceptors (Lipinski definition) is 5. The molecular weight excluding hydrogens is 393 g/mol. The standard InChI is InChI=1S/C18H15F3N4O4/c1-11(26)23-15-8-22-7-6-12(15)9-24-10-16(27)25(17(24)28)13-2-4-14(5-3-13)29-18(19,20)21/h2-8,10,27H,9H2,1H3,(H,23,26). The van der Waals surface area contributed by atoms with Gasteiger partial charge in [0.05, 0.1) is 30.3 Å². The first-order valence-corrected chi connectivity index (χ1v) is 8.22. The van der Waals surface area contributed by atoms with Crippen molar-refractivity contribution in [1.82, 2.24) is 14.1 Å². The van der Waals surface area contributed by atoms with E-state index in [-0.39, 0.29) is 18.1 Å². The molecule has 3 aromatic rings. The lowest BCUT2D eigenvalue weighted by Crippen LogP contribution is -2.24. The van der Waals surface area contributed by atoms with Gasteiger partial charge in [-0.15, -0.1) is 13.2 Å². The van der Waals surface area contributed by atoms with E-state index in [1.807, 2.05) is 0 Å². The number of carbonyl (C=O) groups excluding carboxylic acids is 1. The van der Waals surface area contributed by atoms with Crippen LogP contribution in [-0.4, -0.2) is 31.5 Å². The maximum Gasteiger partial charge on any atom is 0.573 e. The molecule has 0 spiro atoms. The van der Waals surface area contributed by atoms with Gasteiger partial charge in [0, 0.05) is 13.1 Å². The Kier molecular flexibility index (Phi) is 5.31. The molecule has 1 amide bonds. The van der Waals surface area contributed by atoms with Crippen LogP contribution in [-0.2, 0) is 11.3 Å². The van der Waals surface area contributed by atoms with Crippen LogP contribution in [0.15, 0.2) is 53.7 Å². The Morgan fingerprint density at radius 3 is 2.55 bits per heavy atom. The van der Waals surface area contributed by atoms with Crippen molar-refractivity contribution in [3.63, 3.8) is 0 Å². The SMILES string of the molecule is CC(=O)Nc1cnccc1Cn1cc(O)n(-c2ccc(OC(F)(F)F)cc2)c1=O. The summed E-state index contributed by atoms with van der Waals surface area (Å²) in [6.45, 7) is 1.35. The van der Waals surface area contributed by atoms with Crippen LogP contribution < -0.4 is 15.7 Å². The Labute approximate surface area is 161 Å². The minimum atomic E-state index is -4.83. The molecule has 8 nitrogen and oxygen atoms in total. The summed E-state index contributed by atoms with van der Waals surface area (Å²) in [5.41, 5.74) is 0.506. The molecule has 0 saturated heterocycles. The van der Waals surface area contributed by atoms with Crippen LogP contribution in [0.4, 0.5) is 18.9 Å². The highest BCUT2D eigenvalue weighted by Crippen LogP contribution is 2.25. The zero-order chi connectivity index (χ0) is 21.2. The number of benzene rings is 1. The lowest BCUT2D eigenvalue weighted by molar-refractivity contribution is -0.274. The number of nitrogens with one attached hydrogen (secondary N) is 1. The first kappa shape index (κ1) is 20.0. The number of nitrogens with zero attached hydrogens (tertiary/aromatic N) is 3. The van der Waals surface area contributed by atoms with E-state index in [4.69, 9.17) is 0 Å². The number of anilines is 1. The molecule has 2 N–H and O–H groups in total. The third kappa shape index (κ3) is 4.75. The van der Waals surface area contributed by atoms with Crippen LogP contribution in [0.2, 0.25) is 0 Å². The average molecular weight is 408 g/mol. The Morgan fingerprint density at radius 2 is 1.93 bits per heavy atom. The second kappa shape index (κ2) is 7.70. The summed E-state index contributed by atoms with van der Waals surface area (Å²) in [4.78, 5) is 27.9. The summed E-state index contributed by atoms with van der Waals surface area (Å²) in [6, 6.07) is 6.09. The minimum Gasteiger partial charge on any atom is -0.493 e. The Hall–Kier alpha value is -3.76. The number of carbonyl (C=O) groups is 1. The lowest BCUT2D eigenvalue weighted by atomic mass is 10.2. The van der Waals surface area contributed by atoms with Crippen LogP contribution in [0.3, 0.4) is 0 Å². The van der Waals surface area contributed by atoms with Crippen LogP contribution in [0.1, 0.15) is 12.5 Å². The smallest absolute Gasteiger partial charge is 0.493 e. The fourth-order valence-electron chi connectivity index (χ4n) is 2.68. The van der Waals surface area contributed by atoms with Crippen LogP contribution in [0.5, 0.6) is 11.6 Å². The largest absolute Gasteiger partial charge is 0.573 e. The summed E-state index contributed by atoms with van der Waals surface area (Å²) < 4.78 is 42.7. The first-order valence-electron chi connectivity index (χ1n) is 8.22. The number of imidazole rings is 1. The van der Waals surface area contributed by atoms with E-state index in [0.717, 1.165) is 16.7 Å². The fraction of sp³-hybridized carbons (Fsp3) is 0.167. The van der Waals surface area contributed by atoms with Crippen LogP contribution in [0.25, 0.3) is 5.69 Å². The highest BCUT2D eigenvalue weighted by atomic mass is 19.4. The molecule has 11 heteroatoms. The molecule has 0 unspecified atom stereocenters. The normalized spacial score (nSPS) is 11.3. The topological polar surface area (TPSA) is 98.4 Å². The second-order valence-electron chi connectivity index (χ2n) is 5.99. The van der Waals surface area contributed by atoms with Crippen molar-refractivity contribution in [2.24, 2.45) is 0 Å². The number of rotatable bonds is 5. The third-order valence-electron chi connectivity index (χ3n) is 3.83. The molecular formula is C18H15F3N4O4. The molecule has 0 aliphatic rings. The Balaban J connectivity index is 1.90. The summed E-state index contributed by atoms with van der Waals surface area (Å²) in [5, 5.41) is 12.8. The number of amides is 1. The molecule has 0 bridgehead atoms. The summed E-state index contributed by atoms with van der Waals surface area (Å²) >= 11 is 0. The van der Waals surface area contributed by atoms with Gasteiger partial charge in [0.15, 0.2) is 0 Å². The average Bonchev–Trinajstić information content (AvgIpc) is 2.89. The minimum absolute atomic E-state index is 0.0206. The molecule has 0 aliphatic carbocycles. The predicted molar refractivity (Wildman–Crippen MR) is 96.0 cm³/mol. The quantitative estimate of drug-likeness (QED) is 0.676. The van der Waals surface area contributed by atoms with Crippen molar-refractivity contribution < 1.29 is 27.8 Å².